The SMILES string of the molecule is CNS(=O)(=O)c1ccc(CCC(=O)NCc2ccc(OCc3ccncc3)c(OC)c2)cc1. The van der Waals surface area contributed by atoms with Crippen LogP contribution in [0.25, 0.3) is 0 Å². The maximum Gasteiger partial charge on any atom is 0.240 e. The number of pyridine rings is 1. The van der Waals surface area contributed by atoms with Gasteiger partial charge < -0.3 is 14.8 Å². The van der Waals surface area contributed by atoms with Crippen molar-refractivity contribution in [1.82, 2.24) is 15.0 Å². The highest BCUT2D eigenvalue weighted by Crippen LogP contribution is 2.28. The van der Waals surface area contributed by atoms with E-state index < -0.39 is 10.0 Å². The van der Waals surface area contributed by atoms with Crippen LogP contribution >= 0.6 is 0 Å². The number of nitrogens with zero attached hydrogens (tertiary/aromatic N) is 1. The van der Waals surface area contributed by atoms with E-state index in [2.05, 4.69) is 15.0 Å². The summed E-state index contributed by atoms with van der Waals surface area (Å²) in [5.74, 6) is 1.11. The molecule has 0 aliphatic carbocycles. The monoisotopic (exact) mass is 469 g/mol. The fraction of sp³-hybridized carbons (Fsp3) is 0.250. The highest BCUT2D eigenvalue weighted by molar-refractivity contribution is 7.89. The fourth-order valence-corrected chi connectivity index (χ4v) is 3.81. The number of methoxy groups -OCH3 is 1. The third kappa shape index (κ3) is 7.03. The summed E-state index contributed by atoms with van der Waals surface area (Å²) in [6.45, 7) is 0.760. The second-order valence-electron chi connectivity index (χ2n) is 7.26. The largest absolute Gasteiger partial charge is 0.493 e. The van der Waals surface area contributed by atoms with E-state index in [0.717, 1.165) is 16.7 Å². The van der Waals surface area contributed by atoms with Gasteiger partial charge in [-0.25, -0.2) is 13.1 Å². The van der Waals surface area contributed by atoms with Crippen molar-refractivity contribution in [3.8, 4) is 11.5 Å². The molecule has 0 saturated heterocycles. The van der Waals surface area contributed by atoms with Crippen LogP contribution in [0.1, 0.15) is 23.1 Å². The average molecular weight is 470 g/mol. The molecule has 2 N–H and O–H groups in total. The lowest BCUT2D eigenvalue weighted by atomic mass is 10.1. The maximum atomic E-state index is 12.3. The molecule has 0 atom stereocenters. The summed E-state index contributed by atoms with van der Waals surface area (Å²) >= 11 is 0. The molecular weight excluding hydrogens is 442 g/mol. The van der Waals surface area contributed by atoms with Crippen molar-refractivity contribution in [3.63, 3.8) is 0 Å². The van der Waals surface area contributed by atoms with Gasteiger partial charge in [0.25, 0.3) is 0 Å². The zero-order valence-electron chi connectivity index (χ0n) is 18.6. The number of carbonyl (C=O) groups is 1. The standard InChI is InChI=1S/C24H27N3O5S/c1-25-33(29,30)21-7-3-18(4-8-21)6-10-24(28)27-16-20-5-9-22(23(15-20)31-2)32-17-19-11-13-26-14-12-19/h3-5,7-9,11-15,25H,6,10,16-17H2,1-2H3,(H,27,28). The predicted molar refractivity (Wildman–Crippen MR) is 124 cm³/mol. The van der Waals surface area contributed by atoms with Crippen LogP contribution in [0.2, 0.25) is 0 Å². The molecule has 0 saturated carbocycles. The van der Waals surface area contributed by atoms with E-state index in [1.165, 1.54) is 19.2 Å². The molecular formula is C24H27N3O5S. The zero-order valence-corrected chi connectivity index (χ0v) is 19.4. The number of ether oxygens (including phenoxy) is 2. The first-order valence-corrected chi connectivity index (χ1v) is 11.9. The van der Waals surface area contributed by atoms with Gasteiger partial charge in [-0.1, -0.05) is 18.2 Å². The van der Waals surface area contributed by atoms with Crippen LogP contribution in [0.5, 0.6) is 11.5 Å². The number of carbonyl (C=O) groups excluding carboxylic acids is 1. The number of amides is 1. The van der Waals surface area contributed by atoms with Gasteiger partial charge >= 0.3 is 0 Å². The number of aromatic nitrogens is 1. The van der Waals surface area contributed by atoms with E-state index in [1.54, 1.807) is 31.6 Å². The van der Waals surface area contributed by atoms with Gasteiger partial charge in [-0.2, -0.15) is 0 Å². The Morgan fingerprint density at radius 2 is 1.64 bits per heavy atom. The summed E-state index contributed by atoms with van der Waals surface area (Å²) in [6.07, 6.45) is 4.23. The second kappa shape index (κ2) is 11.4. The molecule has 33 heavy (non-hydrogen) atoms. The Labute approximate surface area is 194 Å². The molecule has 174 valence electrons. The topological polar surface area (TPSA) is 107 Å². The van der Waals surface area contributed by atoms with E-state index in [4.69, 9.17) is 9.47 Å². The third-order valence-corrected chi connectivity index (χ3v) is 6.43. The van der Waals surface area contributed by atoms with Gasteiger partial charge in [-0.15, -0.1) is 0 Å². The molecule has 2 aromatic carbocycles. The molecule has 8 nitrogen and oxygen atoms in total. The molecule has 1 aromatic heterocycles. The van der Waals surface area contributed by atoms with Crippen molar-refractivity contribution in [1.29, 1.82) is 0 Å². The first-order valence-electron chi connectivity index (χ1n) is 10.4. The first-order chi connectivity index (χ1) is 15.9. The lowest BCUT2D eigenvalue weighted by Crippen LogP contribution is -2.23. The quantitative estimate of drug-likeness (QED) is 0.447. The highest BCUT2D eigenvalue weighted by atomic mass is 32.2. The minimum atomic E-state index is -3.46. The summed E-state index contributed by atoms with van der Waals surface area (Å²) in [4.78, 5) is 16.4. The third-order valence-electron chi connectivity index (χ3n) is 5.00. The molecule has 1 heterocycles. The number of sulfonamides is 1. The number of benzene rings is 2. The van der Waals surface area contributed by atoms with Gasteiger partial charge in [-0.3, -0.25) is 9.78 Å². The van der Waals surface area contributed by atoms with Gasteiger partial charge in [0.2, 0.25) is 15.9 Å². The fourth-order valence-electron chi connectivity index (χ4n) is 3.08. The van der Waals surface area contributed by atoms with Crippen LogP contribution in [0.3, 0.4) is 0 Å². The van der Waals surface area contributed by atoms with E-state index in [0.29, 0.717) is 37.5 Å². The Kier molecular flexibility index (Phi) is 8.39. The Morgan fingerprint density at radius 1 is 0.939 bits per heavy atom. The smallest absolute Gasteiger partial charge is 0.240 e. The molecule has 0 spiro atoms. The maximum absolute atomic E-state index is 12.3. The summed E-state index contributed by atoms with van der Waals surface area (Å²) in [5, 5.41) is 2.89. The van der Waals surface area contributed by atoms with Crippen molar-refractivity contribution in [2.75, 3.05) is 14.2 Å². The van der Waals surface area contributed by atoms with Crippen LogP contribution in [0.15, 0.2) is 71.9 Å². The molecule has 3 aromatic rings. The zero-order chi connectivity index (χ0) is 23.7. The lowest BCUT2D eigenvalue weighted by Gasteiger charge is -2.13. The van der Waals surface area contributed by atoms with Gasteiger partial charge in [-0.05, 0) is 66.6 Å². The van der Waals surface area contributed by atoms with Crippen LogP contribution in [-0.4, -0.2) is 33.5 Å². The van der Waals surface area contributed by atoms with Gasteiger partial charge in [0.05, 0.1) is 12.0 Å². The van der Waals surface area contributed by atoms with Crippen molar-refractivity contribution >= 4 is 15.9 Å². The first kappa shape index (κ1) is 24.2. The lowest BCUT2D eigenvalue weighted by molar-refractivity contribution is -0.121. The van der Waals surface area contributed by atoms with Crippen LogP contribution < -0.4 is 19.5 Å². The van der Waals surface area contributed by atoms with Crippen LogP contribution in [0.4, 0.5) is 0 Å². The molecule has 3 rings (SSSR count). The summed E-state index contributed by atoms with van der Waals surface area (Å²) in [6, 6.07) is 15.8. The van der Waals surface area contributed by atoms with Gasteiger partial charge in [0.1, 0.15) is 6.61 Å². The molecule has 0 bridgehead atoms. The van der Waals surface area contributed by atoms with Crippen LogP contribution in [-0.2, 0) is 34.4 Å². The van der Waals surface area contributed by atoms with E-state index in [9.17, 15) is 13.2 Å². The van der Waals surface area contributed by atoms with Crippen molar-refractivity contribution < 1.29 is 22.7 Å². The average Bonchev–Trinajstić information content (AvgIpc) is 2.86. The molecule has 0 fully saturated rings. The second-order valence-corrected chi connectivity index (χ2v) is 9.14. The summed E-state index contributed by atoms with van der Waals surface area (Å²) in [7, 11) is -0.522. The molecule has 0 aliphatic rings. The van der Waals surface area contributed by atoms with Crippen molar-refractivity contribution in [2.24, 2.45) is 0 Å². The van der Waals surface area contributed by atoms with Crippen LogP contribution in [0, 0.1) is 0 Å². The van der Waals surface area contributed by atoms with Gasteiger partial charge in [0, 0.05) is 25.4 Å². The van der Waals surface area contributed by atoms with Gasteiger partial charge in [0.15, 0.2) is 11.5 Å². The molecule has 1 amide bonds. The number of aryl methyl sites for hydroxylation is 1. The molecule has 9 heteroatoms. The predicted octanol–water partition coefficient (Wildman–Crippen LogP) is 2.83. The highest BCUT2D eigenvalue weighted by Gasteiger charge is 2.11. The molecule has 0 unspecified atom stereocenters. The Hall–Kier alpha value is -3.43. The molecule has 0 aliphatic heterocycles. The number of rotatable bonds is 11. The minimum Gasteiger partial charge on any atom is -0.493 e. The number of nitrogens with one attached hydrogen (secondary N) is 2. The van der Waals surface area contributed by atoms with E-state index in [-0.39, 0.29) is 10.8 Å². The van der Waals surface area contributed by atoms with E-state index in [1.807, 2.05) is 30.3 Å². The Bertz CT molecular complexity index is 1170. The molecule has 0 radical (unpaired) electrons. The summed E-state index contributed by atoms with van der Waals surface area (Å²) < 4.78 is 37.1. The Morgan fingerprint density at radius 3 is 2.30 bits per heavy atom. The number of hydrogen-bond donors (Lipinski definition) is 2. The minimum absolute atomic E-state index is 0.0982. The van der Waals surface area contributed by atoms with Crippen molar-refractivity contribution in [2.45, 2.75) is 30.9 Å². The van der Waals surface area contributed by atoms with E-state index >= 15 is 0 Å². The number of hydrogen-bond acceptors (Lipinski definition) is 6. The normalized spacial score (nSPS) is 11.1. The van der Waals surface area contributed by atoms with Crippen molar-refractivity contribution in [3.05, 3.63) is 83.7 Å². The Balaban J connectivity index is 1.49. The summed E-state index contributed by atoms with van der Waals surface area (Å²) in [5.41, 5.74) is 2.78.